The van der Waals surface area contributed by atoms with Gasteiger partial charge in [-0.25, -0.2) is 4.98 Å². The van der Waals surface area contributed by atoms with E-state index in [2.05, 4.69) is 9.97 Å². The van der Waals surface area contributed by atoms with Gasteiger partial charge in [-0.2, -0.15) is 26.3 Å². The Bertz CT molecular complexity index is 934. The minimum absolute atomic E-state index is 0.104. The van der Waals surface area contributed by atoms with E-state index in [-0.39, 0.29) is 11.3 Å². The van der Waals surface area contributed by atoms with Crippen LogP contribution in [-0.2, 0) is 23.5 Å². The third kappa shape index (κ3) is 5.60. The SMILES string of the molecule is CC[S+]([O-])c1cc(C(F)(F)F)cnc1C(=O)NNC(=O)c1ccc(C(F)(F)F)nc1. The van der Waals surface area contributed by atoms with Crippen LogP contribution < -0.4 is 10.9 Å². The molecule has 0 aliphatic rings. The van der Waals surface area contributed by atoms with E-state index in [1.165, 1.54) is 6.92 Å². The summed E-state index contributed by atoms with van der Waals surface area (Å²) in [4.78, 5) is 30.1. The van der Waals surface area contributed by atoms with Crippen LogP contribution in [-0.4, -0.2) is 32.1 Å². The molecule has 1 atom stereocenters. The van der Waals surface area contributed by atoms with Crippen LogP contribution in [0.4, 0.5) is 26.3 Å². The fourth-order valence-electron chi connectivity index (χ4n) is 2.04. The molecule has 0 radical (unpaired) electrons. The van der Waals surface area contributed by atoms with Gasteiger partial charge in [0.25, 0.3) is 11.8 Å². The normalized spacial score (nSPS) is 12.9. The van der Waals surface area contributed by atoms with Crippen molar-refractivity contribution in [2.45, 2.75) is 24.2 Å². The van der Waals surface area contributed by atoms with Gasteiger partial charge in [-0.15, -0.1) is 0 Å². The largest absolute Gasteiger partial charge is 0.611 e. The van der Waals surface area contributed by atoms with Gasteiger partial charge in [0.05, 0.1) is 11.1 Å². The van der Waals surface area contributed by atoms with Crippen molar-refractivity contribution in [3.05, 3.63) is 53.1 Å². The second kappa shape index (κ2) is 8.87. The molecule has 0 saturated carbocycles. The maximum absolute atomic E-state index is 12.8. The molecule has 14 heteroatoms. The zero-order valence-electron chi connectivity index (χ0n) is 14.9. The first-order valence-electron chi connectivity index (χ1n) is 7.94. The predicted octanol–water partition coefficient (Wildman–Crippen LogP) is 2.72. The molecule has 2 heterocycles. The maximum atomic E-state index is 12.8. The van der Waals surface area contributed by atoms with Gasteiger partial charge in [0.2, 0.25) is 0 Å². The highest BCUT2D eigenvalue weighted by atomic mass is 32.2. The van der Waals surface area contributed by atoms with E-state index >= 15 is 0 Å². The molecule has 0 spiro atoms. The number of amides is 2. The molecule has 0 aliphatic heterocycles. The maximum Gasteiger partial charge on any atom is 0.433 e. The zero-order valence-corrected chi connectivity index (χ0v) is 15.7. The summed E-state index contributed by atoms with van der Waals surface area (Å²) >= 11 is -1.98. The summed E-state index contributed by atoms with van der Waals surface area (Å²) in [6, 6.07) is 1.88. The summed E-state index contributed by atoms with van der Waals surface area (Å²) in [5.41, 5.74) is 0.323. The number of carbonyl (C=O) groups excluding carboxylic acids is 2. The van der Waals surface area contributed by atoms with Crippen LogP contribution in [0.15, 0.2) is 35.5 Å². The van der Waals surface area contributed by atoms with E-state index in [0.717, 1.165) is 6.07 Å². The Kier molecular flexibility index (Phi) is 6.92. The molecule has 0 bridgehead atoms. The van der Waals surface area contributed by atoms with Gasteiger partial charge in [-0.3, -0.25) is 25.4 Å². The number of aromatic nitrogens is 2. The third-order valence-electron chi connectivity index (χ3n) is 3.51. The lowest BCUT2D eigenvalue weighted by molar-refractivity contribution is -0.141. The summed E-state index contributed by atoms with van der Waals surface area (Å²) < 4.78 is 88.0. The van der Waals surface area contributed by atoms with E-state index in [1.54, 1.807) is 0 Å². The van der Waals surface area contributed by atoms with Crippen LogP contribution >= 0.6 is 0 Å². The number of halogens is 6. The number of hydrazine groups is 1. The zero-order chi connectivity index (χ0) is 22.7. The molecular weight excluding hydrogens is 442 g/mol. The van der Waals surface area contributed by atoms with E-state index in [4.69, 9.17) is 0 Å². The molecule has 0 aliphatic carbocycles. The van der Waals surface area contributed by atoms with Gasteiger partial charge in [-0.05, 0) is 30.2 Å². The molecular formula is C16H12F6N4O3S. The molecule has 0 fully saturated rings. The summed E-state index contributed by atoms with van der Waals surface area (Å²) in [5.74, 6) is -2.32. The summed E-state index contributed by atoms with van der Waals surface area (Å²) in [6.07, 6.45) is -8.49. The number of nitrogens with zero attached hydrogens (tertiary/aromatic N) is 2. The van der Waals surface area contributed by atoms with Crippen molar-refractivity contribution in [2.24, 2.45) is 0 Å². The smallest absolute Gasteiger partial charge is 0.433 e. The van der Waals surface area contributed by atoms with Gasteiger partial charge in [0.15, 0.2) is 10.6 Å². The fraction of sp³-hybridized carbons (Fsp3) is 0.250. The monoisotopic (exact) mass is 454 g/mol. The Balaban J connectivity index is 2.16. The molecule has 2 aromatic rings. The minimum Gasteiger partial charge on any atom is -0.611 e. The number of hydrogen-bond acceptors (Lipinski definition) is 5. The standard InChI is InChI=1S/C16H12F6N4O3S/c1-2-30(29)10-5-9(15(17,18)19)7-24-12(10)14(28)26-25-13(27)8-3-4-11(23-6-8)16(20,21)22/h3-7H,2H2,1H3,(H,25,27)(H,26,28). The lowest BCUT2D eigenvalue weighted by atomic mass is 10.2. The van der Waals surface area contributed by atoms with Crippen molar-refractivity contribution in [1.82, 2.24) is 20.8 Å². The number of pyridine rings is 2. The van der Waals surface area contributed by atoms with E-state index in [0.29, 0.717) is 24.5 Å². The fourth-order valence-corrected chi connectivity index (χ4v) is 2.97. The molecule has 2 N–H and O–H groups in total. The Morgan fingerprint density at radius 1 is 1.00 bits per heavy atom. The van der Waals surface area contributed by atoms with Crippen molar-refractivity contribution >= 4 is 23.0 Å². The average Bonchev–Trinajstić information content (AvgIpc) is 2.69. The number of hydrogen-bond donors (Lipinski definition) is 2. The number of rotatable bonds is 4. The van der Waals surface area contributed by atoms with Crippen molar-refractivity contribution in [3.8, 4) is 0 Å². The first kappa shape index (κ1) is 23.4. The van der Waals surface area contributed by atoms with E-state index in [9.17, 15) is 40.5 Å². The number of alkyl halides is 6. The summed E-state index contributed by atoms with van der Waals surface area (Å²) in [6.45, 7) is 1.41. The molecule has 0 aromatic carbocycles. The van der Waals surface area contributed by atoms with Crippen molar-refractivity contribution < 1.29 is 40.5 Å². The lowest BCUT2D eigenvalue weighted by Gasteiger charge is -2.14. The Morgan fingerprint density at radius 2 is 1.63 bits per heavy atom. The van der Waals surface area contributed by atoms with Crippen LogP contribution in [0, 0.1) is 0 Å². The van der Waals surface area contributed by atoms with Crippen molar-refractivity contribution in [3.63, 3.8) is 0 Å². The molecule has 1 unspecified atom stereocenters. The topological polar surface area (TPSA) is 107 Å². The Morgan fingerprint density at radius 3 is 2.13 bits per heavy atom. The summed E-state index contributed by atoms with van der Waals surface area (Å²) in [7, 11) is 0. The van der Waals surface area contributed by atoms with E-state index < -0.39 is 57.2 Å². The van der Waals surface area contributed by atoms with Gasteiger partial charge < -0.3 is 4.55 Å². The highest BCUT2D eigenvalue weighted by molar-refractivity contribution is 7.91. The Labute approximate surface area is 168 Å². The highest BCUT2D eigenvalue weighted by Crippen LogP contribution is 2.31. The second-order valence-electron chi connectivity index (χ2n) is 5.54. The van der Waals surface area contributed by atoms with Crippen molar-refractivity contribution in [2.75, 3.05) is 5.75 Å². The molecule has 2 rings (SSSR count). The third-order valence-corrected chi connectivity index (χ3v) is 4.83. The van der Waals surface area contributed by atoms with Gasteiger partial charge in [0.1, 0.15) is 11.4 Å². The first-order valence-corrected chi connectivity index (χ1v) is 9.26. The van der Waals surface area contributed by atoms with Gasteiger partial charge in [-0.1, -0.05) is 0 Å². The molecule has 2 aromatic heterocycles. The Hall–Kier alpha value is -2.87. The number of nitrogens with one attached hydrogen (secondary N) is 2. The van der Waals surface area contributed by atoms with Gasteiger partial charge in [0, 0.05) is 18.5 Å². The van der Waals surface area contributed by atoms with E-state index in [1.807, 2.05) is 10.9 Å². The van der Waals surface area contributed by atoms with Crippen LogP contribution in [0.2, 0.25) is 0 Å². The van der Waals surface area contributed by atoms with Crippen LogP contribution in [0.5, 0.6) is 0 Å². The molecule has 2 amide bonds. The lowest BCUT2D eigenvalue weighted by Crippen LogP contribution is -2.42. The first-order chi connectivity index (χ1) is 13.8. The molecule has 162 valence electrons. The highest BCUT2D eigenvalue weighted by Gasteiger charge is 2.35. The second-order valence-corrected chi connectivity index (χ2v) is 7.25. The minimum atomic E-state index is -4.78. The molecule has 0 saturated heterocycles. The van der Waals surface area contributed by atoms with Gasteiger partial charge >= 0.3 is 12.4 Å². The molecule has 7 nitrogen and oxygen atoms in total. The quantitative estimate of drug-likeness (QED) is 0.420. The van der Waals surface area contributed by atoms with Crippen LogP contribution in [0.25, 0.3) is 0 Å². The summed E-state index contributed by atoms with van der Waals surface area (Å²) in [5, 5.41) is 0. The van der Waals surface area contributed by atoms with Crippen LogP contribution in [0.1, 0.15) is 39.0 Å². The van der Waals surface area contributed by atoms with Crippen LogP contribution in [0.3, 0.4) is 0 Å². The molecule has 30 heavy (non-hydrogen) atoms. The number of carbonyl (C=O) groups is 2. The predicted molar refractivity (Wildman–Crippen MR) is 90.4 cm³/mol. The average molecular weight is 454 g/mol. The van der Waals surface area contributed by atoms with Crippen molar-refractivity contribution in [1.29, 1.82) is 0 Å².